The molecule has 0 amide bonds. The Bertz CT molecular complexity index is 1070. The monoisotopic (exact) mass is 437 g/mol. The van der Waals surface area contributed by atoms with Crippen LogP contribution in [0.25, 0.3) is 10.9 Å². The third kappa shape index (κ3) is 4.57. The first-order valence-electron chi connectivity index (χ1n) is 9.41. The summed E-state index contributed by atoms with van der Waals surface area (Å²) in [4.78, 5) is 12.9. The van der Waals surface area contributed by atoms with Crippen LogP contribution in [0.3, 0.4) is 0 Å². The number of halogens is 4. The molecule has 4 rings (SSSR count). The lowest BCUT2D eigenvalue weighted by Crippen LogP contribution is -2.15. The quantitative estimate of drug-likeness (QED) is 0.451. The minimum atomic E-state index is -4.47. The smallest absolute Gasteiger partial charge is 0.399 e. The van der Waals surface area contributed by atoms with Crippen molar-refractivity contribution in [2.24, 2.45) is 0 Å². The van der Waals surface area contributed by atoms with E-state index in [1.165, 1.54) is 6.07 Å². The number of hydrogen-bond donors (Lipinski definition) is 2. The Morgan fingerprint density at radius 3 is 2.63 bits per heavy atom. The van der Waals surface area contributed by atoms with E-state index < -0.39 is 11.7 Å². The van der Waals surface area contributed by atoms with Gasteiger partial charge in [0.15, 0.2) is 0 Å². The van der Waals surface area contributed by atoms with Crippen LogP contribution >= 0.6 is 11.6 Å². The van der Waals surface area contributed by atoms with Crippen molar-refractivity contribution in [1.29, 1.82) is 0 Å². The van der Waals surface area contributed by atoms with Gasteiger partial charge in [-0.15, -0.1) is 0 Å². The molecule has 1 saturated heterocycles. The van der Waals surface area contributed by atoms with Crippen LogP contribution in [0, 0.1) is 0 Å². The van der Waals surface area contributed by atoms with Gasteiger partial charge in [-0.3, -0.25) is 4.98 Å². The maximum absolute atomic E-state index is 13.1. The van der Waals surface area contributed by atoms with Crippen LogP contribution in [0.2, 0.25) is 5.28 Å². The zero-order valence-corrected chi connectivity index (χ0v) is 16.6. The second-order valence-electron chi connectivity index (χ2n) is 7.17. The molecule has 3 heterocycles. The Morgan fingerprint density at radius 2 is 1.90 bits per heavy atom. The van der Waals surface area contributed by atoms with E-state index in [4.69, 9.17) is 22.1 Å². The number of aromatic nitrogens is 3. The van der Waals surface area contributed by atoms with Crippen molar-refractivity contribution in [2.45, 2.75) is 31.5 Å². The number of nitrogens with two attached hydrogens (primary N) is 1. The molecule has 6 nitrogen and oxygen atoms in total. The van der Waals surface area contributed by atoms with Gasteiger partial charge in [-0.05, 0) is 54.3 Å². The molecule has 1 fully saturated rings. The van der Waals surface area contributed by atoms with Crippen molar-refractivity contribution in [3.8, 4) is 0 Å². The SMILES string of the molecule is Nc1cc(CNc2nc(Cl)nc3cnc(C4CCOCC4)cc23)cc(C(F)(F)F)c1. The van der Waals surface area contributed by atoms with E-state index in [0.29, 0.717) is 35.5 Å². The van der Waals surface area contributed by atoms with Gasteiger partial charge in [0.1, 0.15) is 5.82 Å². The molecule has 0 atom stereocenters. The molecule has 158 valence electrons. The molecule has 3 N–H and O–H groups in total. The highest BCUT2D eigenvalue weighted by molar-refractivity contribution is 6.28. The second-order valence-corrected chi connectivity index (χ2v) is 7.51. The minimum absolute atomic E-state index is 0.0224. The van der Waals surface area contributed by atoms with Crippen LogP contribution in [0.4, 0.5) is 24.7 Å². The summed E-state index contributed by atoms with van der Waals surface area (Å²) in [5, 5.41) is 3.80. The zero-order chi connectivity index (χ0) is 21.3. The summed E-state index contributed by atoms with van der Waals surface area (Å²) >= 11 is 6.03. The normalized spacial score (nSPS) is 15.5. The molecular weight excluding hydrogens is 419 g/mol. The lowest BCUT2D eigenvalue weighted by Gasteiger charge is -2.21. The van der Waals surface area contributed by atoms with Gasteiger partial charge < -0.3 is 15.8 Å². The van der Waals surface area contributed by atoms with E-state index in [0.717, 1.165) is 30.7 Å². The average Bonchev–Trinajstić information content (AvgIpc) is 2.71. The van der Waals surface area contributed by atoms with Crippen molar-refractivity contribution in [3.63, 3.8) is 0 Å². The number of nitrogen functional groups attached to an aromatic ring is 1. The molecule has 0 bridgehead atoms. The summed E-state index contributed by atoms with van der Waals surface area (Å²) in [5.41, 5.74) is 6.73. The maximum atomic E-state index is 13.1. The summed E-state index contributed by atoms with van der Waals surface area (Å²) in [6, 6.07) is 5.36. The first kappa shape index (κ1) is 20.6. The van der Waals surface area contributed by atoms with Crippen molar-refractivity contribution < 1.29 is 17.9 Å². The summed E-state index contributed by atoms with van der Waals surface area (Å²) in [5.74, 6) is 0.701. The first-order chi connectivity index (χ1) is 14.3. The predicted molar refractivity (Wildman–Crippen MR) is 108 cm³/mol. The van der Waals surface area contributed by atoms with Crippen LogP contribution in [0.15, 0.2) is 30.5 Å². The molecule has 0 aliphatic carbocycles. The van der Waals surface area contributed by atoms with E-state index in [9.17, 15) is 13.2 Å². The molecule has 1 aromatic carbocycles. The Morgan fingerprint density at radius 1 is 1.13 bits per heavy atom. The molecule has 0 saturated carbocycles. The largest absolute Gasteiger partial charge is 0.416 e. The molecule has 2 aromatic heterocycles. The van der Waals surface area contributed by atoms with Crippen LogP contribution in [-0.4, -0.2) is 28.2 Å². The number of hydrogen-bond acceptors (Lipinski definition) is 6. The van der Waals surface area contributed by atoms with Gasteiger partial charge in [-0.2, -0.15) is 13.2 Å². The Kier molecular flexibility index (Phi) is 5.66. The van der Waals surface area contributed by atoms with Crippen LogP contribution in [0.1, 0.15) is 35.6 Å². The highest BCUT2D eigenvalue weighted by Gasteiger charge is 2.31. The van der Waals surface area contributed by atoms with Gasteiger partial charge in [0.2, 0.25) is 5.28 Å². The van der Waals surface area contributed by atoms with Crippen LogP contribution in [0.5, 0.6) is 0 Å². The zero-order valence-electron chi connectivity index (χ0n) is 15.8. The summed E-state index contributed by atoms with van der Waals surface area (Å²) in [6.07, 6.45) is -1.08. The molecular formula is C20H19ClF3N5O. The minimum Gasteiger partial charge on any atom is -0.399 e. The van der Waals surface area contributed by atoms with Gasteiger partial charge in [-0.25, -0.2) is 9.97 Å². The third-order valence-corrected chi connectivity index (χ3v) is 5.19. The number of fused-ring (bicyclic) bond motifs is 1. The van der Waals surface area contributed by atoms with E-state index >= 15 is 0 Å². The fraction of sp³-hybridized carbons (Fsp3) is 0.350. The van der Waals surface area contributed by atoms with Gasteiger partial charge >= 0.3 is 6.18 Å². The Balaban J connectivity index is 1.64. The average molecular weight is 438 g/mol. The lowest BCUT2D eigenvalue weighted by atomic mass is 9.95. The molecule has 0 radical (unpaired) electrons. The molecule has 0 spiro atoms. The number of rotatable bonds is 4. The van der Waals surface area contributed by atoms with E-state index in [2.05, 4.69) is 20.3 Å². The predicted octanol–water partition coefficient (Wildman–Crippen LogP) is 4.79. The standard InChI is InChI=1S/C20H19ClF3N5O/c21-19-28-17-10-26-16(12-1-3-30-4-2-12)8-15(17)18(29-19)27-9-11-5-13(20(22,23)24)7-14(25)6-11/h5-8,10,12H,1-4,9,25H2,(H,27,28,29). The molecule has 30 heavy (non-hydrogen) atoms. The number of alkyl halides is 3. The number of nitrogens with one attached hydrogen (secondary N) is 1. The topological polar surface area (TPSA) is 86.0 Å². The van der Waals surface area contributed by atoms with Crippen molar-refractivity contribution in [3.05, 3.63) is 52.6 Å². The molecule has 3 aromatic rings. The van der Waals surface area contributed by atoms with E-state index in [1.54, 1.807) is 6.20 Å². The number of anilines is 2. The number of benzene rings is 1. The maximum Gasteiger partial charge on any atom is 0.416 e. The Labute approximate surface area is 175 Å². The lowest BCUT2D eigenvalue weighted by molar-refractivity contribution is -0.137. The van der Waals surface area contributed by atoms with Crippen molar-refractivity contribution in [2.75, 3.05) is 24.3 Å². The number of nitrogens with zero attached hydrogens (tertiary/aromatic N) is 3. The number of pyridine rings is 1. The second kappa shape index (κ2) is 8.23. The molecule has 0 unspecified atom stereocenters. The summed E-state index contributed by atoms with van der Waals surface area (Å²) in [6.45, 7) is 1.46. The fourth-order valence-electron chi connectivity index (χ4n) is 3.54. The fourth-order valence-corrected chi connectivity index (χ4v) is 3.72. The van der Waals surface area contributed by atoms with Gasteiger partial charge in [0.05, 0.1) is 17.3 Å². The van der Waals surface area contributed by atoms with Crippen LogP contribution < -0.4 is 11.1 Å². The molecule has 1 aliphatic rings. The highest BCUT2D eigenvalue weighted by Crippen LogP contribution is 2.32. The molecule has 10 heteroatoms. The third-order valence-electron chi connectivity index (χ3n) is 5.02. The van der Waals surface area contributed by atoms with Gasteiger partial charge in [0.25, 0.3) is 0 Å². The van der Waals surface area contributed by atoms with Crippen molar-refractivity contribution >= 4 is 34.0 Å². The van der Waals surface area contributed by atoms with E-state index in [1.807, 2.05) is 6.07 Å². The summed E-state index contributed by atoms with van der Waals surface area (Å²) < 4.78 is 44.6. The highest BCUT2D eigenvalue weighted by atomic mass is 35.5. The Hall–Kier alpha value is -2.65. The van der Waals surface area contributed by atoms with E-state index in [-0.39, 0.29) is 23.4 Å². The molecule has 1 aliphatic heterocycles. The van der Waals surface area contributed by atoms with Crippen LogP contribution in [-0.2, 0) is 17.5 Å². The van der Waals surface area contributed by atoms with Gasteiger partial charge in [0, 0.05) is 42.4 Å². The summed E-state index contributed by atoms with van der Waals surface area (Å²) in [7, 11) is 0. The van der Waals surface area contributed by atoms with Crippen molar-refractivity contribution in [1.82, 2.24) is 15.0 Å². The van der Waals surface area contributed by atoms with Gasteiger partial charge in [-0.1, -0.05) is 0 Å². The number of ether oxygens (including phenoxy) is 1. The first-order valence-corrected chi connectivity index (χ1v) is 9.79.